The van der Waals surface area contributed by atoms with Gasteiger partial charge in [-0.3, -0.25) is 0 Å². The summed E-state index contributed by atoms with van der Waals surface area (Å²) in [4.78, 5) is 11.2. The Morgan fingerprint density at radius 2 is 1.20 bits per heavy atom. The first-order chi connectivity index (χ1) is 6.89. The van der Waals surface area contributed by atoms with Gasteiger partial charge in [-0.2, -0.15) is 0 Å². The van der Waals surface area contributed by atoms with Gasteiger partial charge in [-0.15, -0.1) is 6.54 Å². The molecule has 3 heteroatoms. The Balaban J connectivity index is 0.00000196. The predicted octanol–water partition coefficient (Wildman–Crippen LogP) is 0.805. The number of carbonyl (C=O) groups is 1. The molecule has 0 radical (unpaired) electrons. The summed E-state index contributed by atoms with van der Waals surface area (Å²) >= 11 is 0. The molecule has 0 N–H and O–H groups in total. The largest absolute Gasteiger partial charge is 1.00 e. The minimum absolute atomic E-state index is 0. The van der Waals surface area contributed by atoms with Gasteiger partial charge in [-0.05, 0) is 12.8 Å². The second-order valence-corrected chi connectivity index (χ2v) is 4.21. The van der Waals surface area contributed by atoms with Crippen molar-refractivity contribution in [3.8, 4) is 0 Å². The second-order valence-electron chi connectivity index (χ2n) is 4.21. The van der Waals surface area contributed by atoms with Gasteiger partial charge in [-0.25, -0.2) is 0 Å². The molecule has 0 aromatic carbocycles. The molecule has 0 aromatic heterocycles. The zero-order valence-corrected chi connectivity index (χ0v) is 12.1. The molecule has 1 amide bonds. The molecular weight excluding hydrogens is 197 g/mol. The van der Waals surface area contributed by atoms with E-state index < -0.39 is 0 Å². The molecule has 0 unspecified atom stereocenters. The summed E-state index contributed by atoms with van der Waals surface area (Å²) < 4.78 is 0. The van der Waals surface area contributed by atoms with Crippen LogP contribution in [0.15, 0.2) is 0 Å². The van der Waals surface area contributed by atoms with Crippen molar-refractivity contribution in [2.75, 3.05) is 6.54 Å². The first kappa shape index (κ1) is 15.5. The van der Waals surface area contributed by atoms with E-state index in [4.69, 9.17) is 0 Å². The monoisotopic (exact) mass is 219 g/mol. The first-order valence-corrected chi connectivity index (χ1v) is 6.10. The van der Waals surface area contributed by atoms with E-state index in [-0.39, 0.29) is 35.5 Å². The molecule has 1 rings (SSSR count). The van der Waals surface area contributed by atoms with Crippen LogP contribution in [0.4, 0.5) is 0 Å². The number of rotatable bonds is 0. The van der Waals surface area contributed by atoms with Gasteiger partial charge in [0, 0.05) is 0 Å². The Bertz CT molecular complexity index is 146. The SMILES string of the molecule is O=C1CCCCCCCCCCC[N-]1.[Na+]. The van der Waals surface area contributed by atoms with Crippen molar-refractivity contribution < 1.29 is 34.4 Å². The van der Waals surface area contributed by atoms with E-state index in [0.717, 1.165) is 19.4 Å². The fourth-order valence-corrected chi connectivity index (χ4v) is 1.91. The molecule has 0 aliphatic carbocycles. The minimum atomic E-state index is 0. The Morgan fingerprint density at radius 1 is 0.733 bits per heavy atom. The topological polar surface area (TPSA) is 31.2 Å². The third-order valence-electron chi connectivity index (χ3n) is 2.84. The van der Waals surface area contributed by atoms with E-state index in [0.29, 0.717) is 6.42 Å². The van der Waals surface area contributed by atoms with Gasteiger partial charge in [-0.1, -0.05) is 51.4 Å². The van der Waals surface area contributed by atoms with Gasteiger partial charge in [0.1, 0.15) is 0 Å². The molecule has 0 atom stereocenters. The Labute approximate surface area is 116 Å². The van der Waals surface area contributed by atoms with Gasteiger partial charge in [0.2, 0.25) is 0 Å². The fourth-order valence-electron chi connectivity index (χ4n) is 1.91. The maximum Gasteiger partial charge on any atom is 1.00 e. The Morgan fingerprint density at radius 3 is 1.80 bits per heavy atom. The van der Waals surface area contributed by atoms with Gasteiger partial charge >= 0.3 is 29.6 Å². The molecule has 2 nitrogen and oxygen atoms in total. The van der Waals surface area contributed by atoms with Crippen LogP contribution in [0.5, 0.6) is 0 Å². The standard InChI is InChI=1S/C12H23NO.Na/c14-12-10-8-6-4-2-1-3-5-7-9-11-13-12;/h1-11H2,(H,13,14);/q;+1/p-1. The van der Waals surface area contributed by atoms with Crippen molar-refractivity contribution in [2.24, 2.45) is 0 Å². The van der Waals surface area contributed by atoms with E-state index in [1.165, 1.54) is 44.9 Å². The van der Waals surface area contributed by atoms with Gasteiger partial charge in [0.25, 0.3) is 0 Å². The number of carbonyl (C=O) groups excluding carboxylic acids is 1. The summed E-state index contributed by atoms with van der Waals surface area (Å²) in [6, 6.07) is 0. The molecule has 1 saturated heterocycles. The summed E-state index contributed by atoms with van der Waals surface area (Å²) in [6.07, 6.45) is 12.0. The number of hydrogen-bond acceptors (Lipinski definition) is 1. The molecule has 1 aliphatic rings. The number of nitrogens with zero attached hydrogens (tertiary/aromatic N) is 1. The summed E-state index contributed by atoms with van der Waals surface area (Å²) in [5.41, 5.74) is 0. The van der Waals surface area contributed by atoms with Crippen molar-refractivity contribution in [2.45, 2.75) is 64.2 Å². The van der Waals surface area contributed by atoms with Crippen LogP contribution in [-0.4, -0.2) is 12.5 Å². The van der Waals surface area contributed by atoms with E-state index >= 15 is 0 Å². The third kappa shape index (κ3) is 9.40. The van der Waals surface area contributed by atoms with Crippen LogP contribution < -0.4 is 29.6 Å². The van der Waals surface area contributed by atoms with Crippen LogP contribution in [-0.2, 0) is 4.79 Å². The average Bonchev–Trinajstić information content (AvgIpc) is 2.20. The molecule has 1 heterocycles. The normalized spacial score (nSPS) is 21.2. The van der Waals surface area contributed by atoms with Crippen molar-refractivity contribution in [3.05, 3.63) is 5.32 Å². The van der Waals surface area contributed by atoms with Crippen molar-refractivity contribution in [3.63, 3.8) is 0 Å². The molecule has 0 aromatic rings. The molecule has 15 heavy (non-hydrogen) atoms. The first-order valence-electron chi connectivity index (χ1n) is 6.10. The van der Waals surface area contributed by atoms with Crippen LogP contribution in [0.3, 0.4) is 0 Å². The second kappa shape index (κ2) is 11.0. The van der Waals surface area contributed by atoms with Gasteiger partial charge < -0.3 is 10.1 Å². The number of amides is 1. The van der Waals surface area contributed by atoms with Crippen LogP contribution >= 0.6 is 0 Å². The molecule has 0 bridgehead atoms. The van der Waals surface area contributed by atoms with Crippen molar-refractivity contribution in [1.82, 2.24) is 0 Å². The molecule has 82 valence electrons. The maximum absolute atomic E-state index is 11.2. The van der Waals surface area contributed by atoms with Crippen molar-refractivity contribution in [1.29, 1.82) is 0 Å². The average molecular weight is 219 g/mol. The van der Waals surface area contributed by atoms with Crippen LogP contribution in [0.2, 0.25) is 0 Å². The van der Waals surface area contributed by atoms with Crippen molar-refractivity contribution >= 4 is 5.91 Å². The molecule has 0 saturated carbocycles. The molecule has 1 fully saturated rings. The van der Waals surface area contributed by atoms with Gasteiger partial charge in [0.05, 0.1) is 5.91 Å². The predicted molar refractivity (Wildman–Crippen MR) is 59.4 cm³/mol. The Hall–Kier alpha value is 0.470. The van der Waals surface area contributed by atoms with E-state index in [9.17, 15) is 4.79 Å². The third-order valence-corrected chi connectivity index (χ3v) is 2.84. The quantitative estimate of drug-likeness (QED) is 0.555. The van der Waals surface area contributed by atoms with Crippen LogP contribution in [0.25, 0.3) is 5.32 Å². The minimum Gasteiger partial charge on any atom is -0.653 e. The molecule has 0 spiro atoms. The summed E-state index contributed by atoms with van der Waals surface area (Å²) in [7, 11) is 0. The van der Waals surface area contributed by atoms with Crippen LogP contribution in [0.1, 0.15) is 64.2 Å². The van der Waals surface area contributed by atoms with Gasteiger partial charge in [0.15, 0.2) is 0 Å². The zero-order valence-electron chi connectivity index (χ0n) is 10.1. The van der Waals surface area contributed by atoms with Crippen LogP contribution in [0, 0.1) is 0 Å². The Kier molecular flexibility index (Phi) is 11.3. The summed E-state index contributed by atoms with van der Waals surface area (Å²) in [5.74, 6) is 0.129. The fraction of sp³-hybridized carbons (Fsp3) is 0.917. The van der Waals surface area contributed by atoms with E-state index in [1.54, 1.807) is 0 Å². The number of hydrogen-bond donors (Lipinski definition) is 0. The van der Waals surface area contributed by atoms with E-state index in [2.05, 4.69) is 5.32 Å². The van der Waals surface area contributed by atoms with E-state index in [1.807, 2.05) is 0 Å². The molecular formula is C12H22NNaO. The smallest absolute Gasteiger partial charge is 0.653 e. The molecule has 1 aliphatic heterocycles. The zero-order chi connectivity index (χ0) is 10.1. The summed E-state index contributed by atoms with van der Waals surface area (Å²) in [5, 5.41) is 4.05. The maximum atomic E-state index is 11.2. The summed E-state index contributed by atoms with van der Waals surface area (Å²) in [6.45, 7) is 0.763.